The maximum atomic E-state index is 6.07. The van der Waals surface area contributed by atoms with Crippen molar-refractivity contribution in [3.63, 3.8) is 0 Å². The third kappa shape index (κ3) is 3.37. The molecule has 3 rings (SSSR count). The van der Waals surface area contributed by atoms with E-state index in [2.05, 4.69) is 59.0 Å². The molecule has 0 aliphatic carbocycles. The van der Waals surface area contributed by atoms with E-state index in [1.165, 1.54) is 5.56 Å². The number of aromatic nitrogens is 2. The summed E-state index contributed by atoms with van der Waals surface area (Å²) >= 11 is 6.77. The van der Waals surface area contributed by atoms with E-state index < -0.39 is 0 Å². The first-order valence-electron chi connectivity index (χ1n) is 7.39. The molecule has 1 unspecified atom stereocenters. The second-order valence-electron chi connectivity index (χ2n) is 5.48. The van der Waals surface area contributed by atoms with Crippen LogP contribution in [0.25, 0.3) is 5.76 Å². The van der Waals surface area contributed by atoms with Gasteiger partial charge in [0, 0.05) is 10.9 Å². The normalized spacial score (nSPS) is 17.5. The number of alkyl halides is 1. The Morgan fingerprint density at radius 2 is 1.96 bits per heavy atom. The fraction of sp³-hybridized carbons (Fsp3) is 0.235. The van der Waals surface area contributed by atoms with Crippen molar-refractivity contribution in [1.29, 1.82) is 0 Å². The zero-order chi connectivity index (χ0) is 17.3. The standard InChI is InChI=1S/C17H16Br2N4O/c1-9-10(2)22-17(14-16(20)21-8-13(19)23-14)24-15(9)12-5-3-11(7-18)4-6-12/h3-6,8,10H,7H2,1-2H3,(H2,20,21). The molecule has 1 aromatic heterocycles. The molecule has 0 saturated heterocycles. The lowest BCUT2D eigenvalue weighted by Gasteiger charge is -2.23. The SMILES string of the molecule is CC1=C(c2ccc(CBr)cc2)OC(c2nc(Br)cnc2N)=NC1C. The number of hydrogen-bond acceptors (Lipinski definition) is 5. The number of hydrogen-bond donors (Lipinski definition) is 1. The maximum absolute atomic E-state index is 6.07. The minimum Gasteiger partial charge on any atom is -0.436 e. The molecule has 1 aliphatic heterocycles. The highest BCUT2D eigenvalue weighted by Gasteiger charge is 2.25. The molecule has 0 spiro atoms. The molecule has 2 N–H and O–H groups in total. The minimum absolute atomic E-state index is 0.0280. The van der Waals surface area contributed by atoms with Gasteiger partial charge in [0.2, 0.25) is 5.90 Å². The maximum Gasteiger partial charge on any atom is 0.245 e. The van der Waals surface area contributed by atoms with Crippen molar-refractivity contribution >= 4 is 49.3 Å². The van der Waals surface area contributed by atoms with Gasteiger partial charge in [0.05, 0.1) is 12.2 Å². The molecule has 0 amide bonds. The Bertz CT molecular complexity index is 831. The molecule has 0 bridgehead atoms. The number of benzene rings is 1. The predicted octanol–water partition coefficient (Wildman–Crippen LogP) is 4.31. The van der Waals surface area contributed by atoms with Crippen LogP contribution in [0.1, 0.15) is 30.7 Å². The van der Waals surface area contributed by atoms with Gasteiger partial charge in [0.15, 0.2) is 11.5 Å². The van der Waals surface area contributed by atoms with E-state index in [4.69, 9.17) is 10.5 Å². The highest BCUT2D eigenvalue weighted by Crippen LogP contribution is 2.30. The van der Waals surface area contributed by atoms with Crippen LogP contribution in [0.2, 0.25) is 0 Å². The monoisotopic (exact) mass is 450 g/mol. The van der Waals surface area contributed by atoms with Gasteiger partial charge < -0.3 is 10.5 Å². The van der Waals surface area contributed by atoms with Gasteiger partial charge >= 0.3 is 0 Å². The topological polar surface area (TPSA) is 73.4 Å². The summed E-state index contributed by atoms with van der Waals surface area (Å²) < 4.78 is 6.65. The second-order valence-corrected chi connectivity index (χ2v) is 6.85. The minimum atomic E-state index is -0.0280. The lowest BCUT2D eigenvalue weighted by atomic mass is 10.0. The Morgan fingerprint density at radius 1 is 1.25 bits per heavy atom. The van der Waals surface area contributed by atoms with Crippen LogP contribution in [0.4, 0.5) is 5.82 Å². The molecule has 5 nitrogen and oxygen atoms in total. The highest BCUT2D eigenvalue weighted by molar-refractivity contribution is 9.10. The van der Waals surface area contributed by atoms with Gasteiger partial charge in [-0.05, 0) is 40.9 Å². The van der Waals surface area contributed by atoms with Crippen LogP contribution in [0.15, 0.2) is 45.6 Å². The van der Waals surface area contributed by atoms with Gasteiger partial charge in [-0.1, -0.05) is 40.2 Å². The number of aliphatic imine (C=N–C) groups is 1. The van der Waals surface area contributed by atoms with Crippen molar-refractivity contribution in [3.05, 3.63) is 57.5 Å². The fourth-order valence-corrected chi connectivity index (χ4v) is 3.00. The van der Waals surface area contributed by atoms with Gasteiger partial charge in [0.25, 0.3) is 0 Å². The first-order chi connectivity index (χ1) is 11.5. The Morgan fingerprint density at radius 3 is 2.62 bits per heavy atom. The molecule has 2 aromatic rings. The smallest absolute Gasteiger partial charge is 0.245 e. The third-order valence-electron chi connectivity index (χ3n) is 3.84. The number of ether oxygens (including phenoxy) is 1. The van der Waals surface area contributed by atoms with Crippen LogP contribution in [-0.2, 0) is 10.1 Å². The van der Waals surface area contributed by atoms with Crippen molar-refractivity contribution in [2.75, 3.05) is 5.73 Å². The summed E-state index contributed by atoms with van der Waals surface area (Å²) in [5.74, 6) is 1.46. The van der Waals surface area contributed by atoms with Gasteiger partial charge in [0.1, 0.15) is 10.4 Å². The number of rotatable bonds is 3. The first-order valence-corrected chi connectivity index (χ1v) is 9.31. The Kier molecular flexibility index (Phi) is 5.01. The van der Waals surface area contributed by atoms with E-state index in [1.807, 2.05) is 26.0 Å². The van der Waals surface area contributed by atoms with E-state index in [-0.39, 0.29) is 11.9 Å². The van der Waals surface area contributed by atoms with Crippen LogP contribution in [0.3, 0.4) is 0 Å². The summed E-state index contributed by atoms with van der Waals surface area (Å²) in [6, 6.07) is 8.19. The predicted molar refractivity (Wildman–Crippen MR) is 103 cm³/mol. The second kappa shape index (κ2) is 7.03. The molecule has 0 fully saturated rings. The number of halogens is 2. The van der Waals surface area contributed by atoms with Gasteiger partial charge in [-0.25, -0.2) is 15.0 Å². The Hall–Kier alpha value is -1.73. The van der Waals surface area contributed by atoms with Crippen LogP contribution in [0.5, 0.6) is 0 Å². The molecule has 124 valence electrons. The molecule has 0 radical (unpaired) electrons. The van der Waals surface area contributed by atoms with Crippen molar-refractivity contribution < 1.29 is 4.74 Å². The molecular formula is C17H16Br2N4O. The molecule has 24 heavy (non-hydrogen) atoms. The van der Waals surface area contributed by atoms with Crippen molar-refractivity contribution in [2.24, 2.45) is 4.99 Å². The Labute approximate surface area is 157 Å². The van der Waals surface area contributed by atoms with Crippen LogP contribution in [-0.4, -0.2) is 21.9 Å². The lowest BCUT2D eigenvalue weighted by Crippen LogP contribution is -2.21. The average molecular weight is 452 g/mol. The highest BCUT2D eigenvalue weighted by atomic mass is 79.9. The van der Waals surface area contributed by atoms with Crippen LogP contribution >= 0.6 is 31.9 Å². The molecule has 2 heterocycles. The van der Waals surface area contributed by atoms with E-state index in [9.17, 15) is 0 Å². The van der Waals surface area contributed by atoms with Gasteiger partial charge in [-0.2, -0.15) is 0 Å². The summed E-state index contributed by atoms with van der Waals surface area (Å²) in [4.78, 5) is 13.0. The summed E-state index contributed by atoms with van der Waals surface area (Å²) in [6.07, 6.45) is 1.55. The van der Waals surface area contributed by atoms with Crippen LogP contribution < -0.4 is 5.73 Å². The molecule has 7 heteroatoms. The summed E-state index contributed by atoms with van der Waals surface area (Å²) in [5, 5.41) is 0.819. The third-order valence-corrected chi connectivity index (χ3v) is 4.87. The number of nitrogens with zero attached hydrogens (tertiary/aromatic N) is 3. The van der Waals surface area contributed by atoms with E-state index in [1.54, 1.807) is 6.20 Å². The summed E-state index contributed by atoms with van der Waals surface area (Å²) in [6.45, 7) is 4.04. The number of anilines is 1. The fourth-order valence-electron chi connectivity index (χ4n) is 2.34. The van der Waals surface area contributed by atoms with Gasteiger partial charge in [-0.15, -0.1) is 0 Å². The quantitative estimate of drug-likeness (QED) is 0.705. The zero-order valence-corrected chi connectivity index (χ0v) is 16.4. The van der Waals surface area contributed by atoms with Crippen LogP contribution in [0, 0.1) is 0 Å². The zero-order valence-electron chi connectivity index (χ0n) is 13.3. The number of nitrogen functional groups attached to an aromatic ring is 1. The molecular weight excluding hydrogens is 436 g/mol. The number of nitrogens with two attached hydrogens (primary N) is 1. The van der Waals surface area contributed by atoms with E-state index in [0.717, 1.165) is 22.2 Å². The largest absolute Gasteiger partial charge is 0.436 e. The van der Waals surface area contributed by atoms with Crippen molar-refractivity contribution in [3.8, 4) is 0 Å². The van der Waals surface area contributed by atoms with Crippen molar-refractivity contribution in [1.82, 2.24) is 9.97 Å². The molecule has 0 saturated carbocycles. The molecule has 1 aliphatic rings. The van der Waals surface area contributed by atoms with E-state index >= 15 is 0 Å². The Balaban J connectivity index is 1.99. The summed E-state index contributed by atoms with van der Waals surface area (Å²) in [5.41, 5.74) is 9.65. The average Bonchev–Trinajstić information content (AvgIpc) is 2.59. The van der Waals surface area contributed by atoms with Crippen molar-refractivity contribution in [2.45, 2.75) is 25.2 Å². The molecule has 1 atom stereocenters. The first kappa shape index (κ1) is 17.1. The lowest BCUT2D eigenvalue weighted by molar-refractivity contribution is 0.476. The van der Waals surface area contributed by atoms with E-state index in [0.29, 0.717) is 16.2 Å². The summed E-state index contributed by atoms with van der Waals surface area (Å²) in [7, 11) is 0. The molecule has 1 aromatic carbocycles. The van der Waals surface area contributed by atoms with Gasteiger partial charge in [-0.3, -0.25) is 0 Å².